The number of hydrogen-bond donors (Lipinski definition) is 4. The first-order chi connectivity index (χ1) is 11.2. The van der Waals surface area contributed by atoms with Crippen molar-refractivity contribution >= 4 is 29.2 Å². The summed E-state index contributed by atoms with van der Waals surface area (Å²) in [7, 11) is 0. The molecule has 0 bridgehead atoms. The van der Waals surface area contributed by atoms with E-state index in [0.717, 1.165) is 9.78 Å². The van der Waals surface area contributed by atoms with Crippen LogP contribution in [0.5, 0.6) is 0 Å². The molecule has 0 radical (unpaired) electrons. The number of nitrogens with one attached hydrogen (secondary N) is 4. The van der Waals surface area contributed by atoms with E-state index in [1.54, 1.807) is 11.3 Å². The predicted octanol–water partition coefficient (Wildman–Crippen LogP) is -0.107. The molecule has 1 unspecified atom stereocenters. The van der Waals surface area contributed by atoms with E-state index in [9.17, 15) is 14.4 Å². The first-order valence-electron chi connectivity index (χ1n) is 7.94. The lowest BCUT2D eigenvalue weighted by molar-refractivity contribution is -0.881. The number of quaternary nitrogens is 1. The van der Waals surface area contributed by atoms with Crippen molar-refractivity contribution in [1.29, 1.82) is 0 Å². The largest absolute Gasteiger partial charge is 0.346 e. The van der Waals surface area contributed by atoms with E-state index < -0.39 is 17.5 Å². The molecule has 1 rings (SSSR count). The topological polar surface area (TPSA) is 91.7 Å². The number of hydrogen-bond acceptors (Lipinski definition) is 4. The fourth-order valence-corrected chi connectivity index (χ4v) is 2.62. The highest BCUT2D eigenvalue weighted by Crippen LogP contribution is 2.06. The molecule has 1 atom stereocenters. The molecule has 0 aromatic carbocycles. The van der Waals surface area contributed by atoms with Gasteiger partial charge in [-0.05, 0) is 39.1 Å². The van der Waals surface area contributed by atoms with Gasteiger partial charge in [-0.3, -0.25) is 14.9 Å². The lowest BCUT2D eigenvalue weighted by Crippen LogP contribution is -3.14. The Bertz CT molecular complexity index is 552. The number of carbonyl (C=O) groups is 3. The van der Waals surface area contributed by atoms with Gasteiger partial charge in [0.25, 0.3) is 11.8 Å². The van der Waals surface area contributed by atoms with Crippen LogP contribution in [0.1, 0.15) is 32.6 Å². The maximum absolute atomic E-state index is 12.0. The van der Waals surface area contributed by atoms with Gasteiger partial charge in [-0.25, -0.2) is 4.79 Å². The van der Waals surface area contributed by atoms with E-state index in [1.807, 2.05) is 45.2 Å². The number of urea groups is 1. The molecule has 4 amide bonds. The van der Waals surface area contributed by atoms with Crippen molar-refractivity contribution in [3.8, 4) is 0 Å². The number of imide groups is 1. The molecule has 1 aromatic rings. The number of likely N-dealkylation sites (N-methyl/N-ethyl adjacent to an activating group) is 1. The Labute approximate surface area is 146 Å². The van der Waals surface area contributed by atoms with Crippen molar-refractivity contribution < 1.29 is 19.3 Å². The second-order valence-electron chi connectivity index (χ2n) is 6.57. The lowest BCUT2D eigenvalue weighted by Gasteiger charge is -2.21. The predicted molar refractivity (Wildman–Crippen MR) is 93.8 cm³/mol. The third-order valence-electron chi connectivity index (χ3n) is 3.10. The molecule has 7 nitrogen and oxygen atoms in total. The van der Waals surface area contributed by atoms with Crippen LogP contribution in [0.2, 0.25) is 0 Å². The smallest absolute Gasteiger partial charge is 0.322 e. The monoisotopic (exact) mass is 355 g/mol. The Hall–Kier alpha value is -1.93. The van der Waals surface area contributed by atoms with E-state index in [4.69, 9.17) is 0 Å². The lowest BCUT2D eigenvalue weighted by atomic mass is 10.1. The first kappa shape index (κ1) is 20.1. The molecular weight excluding hydrogens is 328 g/mol. The van der Waals surface area contributed by atoms with E-state index in [0.29, 0.717) is 13.1 Å². The molecule has 134 valence electrons. The first-order valence-corrected chi connectivity index (χ1v) is 8.82. The van der Waals surface area contributed by atoms with Crippen molar-refractivity contribution in [2.24, 2.45) is 0 Å². The van der Waals surface area contributed by atoms with Gasteiger partial charge in [0.1, 0.15) is 0 Å². The van der Waals surface area contributed by atoms with Crippen LogP contribution in [0.25, 0.3) is 0 Å². The molecule has 24 heavy (non-hydrogen) atoms. The van der Waals surface area contributed by atoms with Gasteiger partial charge in [-0.15, -0.1) is 11.3 Å². The number of thiophene rings is 1. The fourth-order valence-electron chi connectivity index (χ4n) is 1.97. The zero-order valence-electron chi connectivity index (χ0n) is 14.7. The quantitative estimate of drug-likeness (QED) is 0.550. The van der Waals surface area contributed by atoms with Crippen LogP contribution in [0.4, 0.5) is 4.79 Å². The Morgan fingerprint density at radius 2 is 1.83 bits per heavy atom. The molecule has 0 saturated carbocycles. The maximum atomic E-state index is 12.0. The van der Waals surface area contributed by atoms with E-state index >= 15 is 0 Å². The standard InChI is InChI=1S/C16H26N4O3S/c1-5-20(10-13(21)17-9-12-7-6-8-24-12)11-14(22)18-15(23)19-16(2,3)4/h6-8H,5,9-11H2,1-4H3,(H,17,21)(H2,18,19,22,23)/p+1. The van der Waals surface area contributed by atoms with Gasteiger partial charge >= 0.3 is 6.03 Å². The molecule has 0 fully saturated rings. The Morgan fingerprint density at radius 3 is 2.38 bits per heavy atom. The number of amides is 4. The summed E-state index contributed by atoms with van der Waals surface area (Å²) in [5, 5.41) is 9.74. The molecular formula is C16H27N4O3S+. The zero-order valence-corrected chi connectivity index (χ0v) is 15.5. The van der Waals surface area contributed by atoms with Crippen molar-refractivity contribution in [1.82, 2.24) is 16.0 Å². The molecule has 0 aliphatic heterocycles. The summed E-state index contributed by atoms with van der Waals surface area (Å²) in [4.78, 5) is 37.4. The van der Waals surface area contributed by atoms with Crippen LogP contribution >= 0.6 is 11.3 Å². The van der Waals surface area contributed by atoms with Gasteiger partial charge in [-0.1, -0.05) is 6.07 Å². The molecule has 0 spiro atoms. The molecule has 8 heteroatoms. The van der Waals surface area contributed by atoms with E-state index in [2.05, 4.69) is 16.0 Å². The maximum Gasteiger partial charge on any atom is 0.322 e. The Kier molecular flexibility index (Phi) is 7.87. The normalized spacial score (nSPS) is 12.3. The van der Waals surface area contributed by atoms with E-state index in [1.165, 1.54) is 0 Å². The van der Waals surface area contributed by atoms with Gasteiger partial charge in [0.05, 0.1) is 13.1 Å². The van der Waals surface area contributed by atoms with Crippen LogP contribution < -0.4 is 20.9 Å². The van der Waals surface area contributed by atoms with Crippen LogP contribution in [0, 0.1) is 0 Å². The van der Waals surface area contributed by atoms with Crippen molar-refractivity contribution in [3.63, 3.8) is 0 Å². The molecule has 4 N–H and O–H groups in total. The summed E-state index contributed by atoms with van der Waals surface area (Å²) in [6.07, 6.45) is 0. The molecule has 0 aliphatic carbocycles. The second kappa shape index (κ2) is 9.39. The van der Waals surface area contributed by atoms with Crippen molar-refractivity contribution in [2.75, 3.05) is 19.6 Å². The van der Waals surface area contributed by atoms with Crippen molar-refractivity contribution in [2.45, 2.75) is 39.8 Å². The highest BCUT2D eigenvalue weighted by molar-refractivity contribution is 7.09. The molecule has 1 heterocycles. The minimum atomic E-state index is -0.523. The van der Waals surface area contributed by atoms with E-state index in [-0.39, 0.29) is 19.0 Å². The van der Waals surface area contributed by atoms with Gasteiger partial charge < -0.3 is 15.5 Å². The van der Waals surface area contributed by atoms with Crippen LogP contribution in [-0.4, -0.2) is 43.0 Å². The Morgan fingerprint density at radius 1 is 1.17 bits per heavy atom. The summed E-state index contributed by atoms with van der Waals surface area (Å²) >= 11 is 1.58. The second-order valence-corrected chi connectivity index (χ2v) is 7.60. The highest BCUT2D eigenvalue weighted by atomic mass is 32.1. The minimum Gasteiger partial charge on any atom is -0.346 e. The third-order valence-corrected chi connectivity index (χ3v) is 3.98. The van der Waals surface area contributed by atoms with Crippen LogP contribution in [0.3, 0.4) is 0 Å². The summed E-state index contributed by atoms with van der Waals surface area (Å²) in [5.41, 5.74) is -0.413. The van der Waals surface area contributed by atoms with Gasteiger partial charge in [0.15, 0.2) is 13.1 Å². The fraction of sp³-hybridized carbons (Fsp3) is 0.562. The minimum absolute atomic E-state index is 0.0699. The van der Waals surface area contributed by atoms with Crippen LogP contribution in [0.15, 0.2) is 17.5 Å². The van der Waals surface area contributed by atoms with Gasteiger partial charge in [0, 0.05) is 10.4 Å². The van der Waals surface area contributed by atoms with Gasteiger partial charge in [-0.2, -0.15) is 0 Å². The summed E-state index contributed by atoms with van der Waals surface area (Å²) in [5.74, 6) is -0.521. The van der Waals surface area contributed by atoms with Crippen molar-refractivity contribution in [3.05, 3.63) is 22.4 Å². The molecule has 0 aliphatic rings. The average Bonchev–Trinajstić information content (AvgIpc) is 2.95. The summed E-state index contributed by atoms with van der Waals surface area (Å²) < 4.78 is 0. The number of carbonyl (C=O) groups excluding carboxylic acids is 3. The summed E-state index contributed by atoms with van der Waals surface area (Å²) in [6, 6.07) is 3.37. The molecule has 0 saturated heterocycles. The average molecular weight is 355 g/mol. The Balaban J connectivity index is 2.36. The van der Waals surface area contributed by atoms with Gasteiger partial charge in [0.2, 0.25) is 0 Å². The summed E-state index contributed by atoms with van der Waals surface area (Å²) in [6.45, 7) is 8.76. The SMILES string of the molecule is CC[NH+](CC(=O)NCc1cccs1)CC(=O)NC(=O)NC(C)(C)C. The highest BCUT2D eigenvalue weighted by Gasteiger charge is 2.20. The van der Waals surface area contributed by atoms with Crippen LogP contribution in [-0.2, 0) is 16.1 Å². The molecule has 1 aromatic heterocycles. The number of rotatable bonds is 7. The third kappa shape index (κ3) is 8.64. The zero-order chi connectivity index (χ0) is 18.2.